The molecule has 2 aromatic rings. The zero-order chi connectivity index (χ0) is 20.9. The third kappa shape index (κ3) is 6.01. The average Bonchev–Trinajstić information content (AvgIpc) is 2.61. The molecule has 28 heavy (non-hydrogen) atoms. The topological polar surface area (TPSA) is 108 Å². The van der Waals surface area contributed by atoms with E-state index in [2.05, 4.69) is 10.1 Å². The summed E-state index contributed by atoms with van der Waals surface area (Å²) in [5.41, 5.74) is 5.67. The van der Waals surface area contributed by atoms with Gasteiger partial charge in [-0.15, -0.1) is 13.2 Å². The molecule has 0 bridgehead atoms. The fourth-order valence-corrected chi connectivity index (χ4v) is 2.04. The molecule has 148 valence electrons. The first-order valence-electron chi connectivity index (χ1n) is 7.82. The summed E-state index contributed by atoms with van der Waals surface area (Å²) >= 11 is 0. The largest absolute Gasteiger partial charge is 0.573 e. The summed E-state index contributed by atoms with van der Waals surface area (Å²) < 4.78 is 45.0. The van der Waals surface area contributed by atoms with Gasteiger partial charge in [-0.2, -0.15) is 0 Å². The van der Waals surface area contributed by atoms with Gasteiger partial charge in [0, 0.05) is 11.3 Å². The van der Waals surface area contributed by atoms with E-state index >= 15 is 0 Å². The first kappa shape index (κ1) is 20.7. The minimum atomic E-state index is -4.84. The van der Waals surface area contributed by atoms with E-state index < -0.39 is 36.0 Å². The van der Waals surface area contributed by atoms with Crippen molar-refractivity contribution in [2.24, 2.45) is 5.73 Å². The van der Waals surface area contributed by atoms with Gasteiger partial charge in [0.2, 0.25) is 5.91 Å². The number of rotatable bonds is 6. The molecule has 0 fully saturated rings. The van der Waals surface area contributed by atoms with E-state index in [0.717, 1.165) is 24.3 Å². The van der Waals surface area contributed by atoms with Crippen molar-refractivity contribution in [3.8, 4) is 5.75 Å². The minimum absolute atomic E-state index is 0.0556. The number of hydrogen-bond donors (Lipinski definition) is 2. The molecule has 2 aromatic carbocycles. The third-order valence-corrected chi connectivity index (χ3v) is 3.41. The number of anilines is 1. The van der Waals surface area contributed by atoms with Gasteiger partial charge in [0.05, 0.1) is 5.56 Å². The molecule has 3 N–H and O–H groups in total. The highest BCUT2D eigenvalue weighted by Gasteiger charge is 2.31. The number of alkyl halides is 3. The fourth-order valence-electron chi connectivity index (χ4n) is 2.04. The van der Waals surface area contributed by atoms with Crippen LogP contribution in [0, 0.1) is 0 Å². The van der Waals surface area contributed by atoms with Crippen LogP contribution in [0.25, 0.3) is 0 Å². The zero-order valence-electron chi connectivity index (χ0n) is 14.4. The Bertz CT molecular complexity index is 864. The summed E-state index contributed by atoms with van der Waals surface area (Å²) in [6, 6.07) is 9.80. The maximum absolute atomic E-state index is 12.1. The second-order valence-corrected chi connectivity index (χ2v) is 5.55. The molecule has 7 nitrogen and oxygen atoms in total. The summed E-state index contributed by atoms with van der Waals surface area (Å²) in [7, 11) is 0. The summed E-state index contributed by atoms with van der Waals surface area (Å²) in [5.74, 6) is -2.65. The number of ether oxygens (including phenoxy) is 2. The van der Waals surface area contributed by atoms with Crippen molar-refractivity contribution in [3.05, 3.63) is 59.7 Å². The Labute approximate surface area is 157 Å². The zero-order valence-corrected chi connectivity index (χ0v) is 14.4. The number of nitrogens with two attached hydrogens (primary N) is 1. The molecule has 1 unspecified atom stereocenters. The Kier molecular flexibility index (Phi) is 6.24. The molecule has 0 saturated heterocycles. The van der Waals surface area contributed by atoms with Gasteiger partial charge in [-0.25, -0.2) is 4.79 Å². The van der Waals surface area contributed by atoms with E-state index in [0.29, 0.717) is 5.69 Å². The standard InChI is InChI=1S/C18H15F3N2O5/c1-10(16(25)23-13-6-2-11(3-7-13)15(22)24)27-17(26)12-4-8-14(9-5-12)28-18(19,20)21/h2-10H,1H3,(H2,22,24)(H,23,25). The lowest BCUT2D eigenvalue weighted by molar-refractivity contribution is -0.274. The first-order valence-corrected chi connectivity index (χ1v) is 7.82. The van der Waals surface area contributed by atoms with Crippen molar-refractivity contribution in [3.63, 3.8) is 0 Å². The molecular weight excluding hydrogens is 381 g/mol. The van der Waals surface area contributed by atoms with E-state index in [1.807, 2.05) is 0 Å². The van der Waals surface area contributed by atoms with E-state index in [9.17, 15) is 27.6 Å². The fraction of sp³-hybridized carbons (Fsp3) is 0.167. The third-order valence-electron chi connectivity index (χ3n) is 3.41. The Balaban J connectivity index is 1.93. The van der Waals surface area contributed by atoms with Crippen LogP contribution in [-0.2, 0) is 9.53 Å². The van der Waals surface area contributed by atoms with Gasteiger partial charge in [-0.3, -0.25) is 9.59 Å². The number of carbonyl (C=O) groups is 3. The predicted octanol–water partition coefficient (Wildman–Crippen LogP) is 2.87. The number of benzene rings is 2. The Hall–Kier alpha value is -3.56. The van der Waals surface area contributed by atoms with Crippen LogP contribution in [0.1, 0.15) is 27.6 Å². The number of hydrogen-bond acceptors (Lipinski definition) is 5. The van der Waals surface area contributed by atoms with Crippen molar-refractivity contribution in [1.29, 1.82) is 0 Å². The van der Waals surface area contributed by atoms with Gasteiger partial charge in [-0.1, -0.05) is 0 Å². The van der Waals surface area contributed by atoms with Crippen LogP contribution in [0.2, 0.25) is 0 Å². The highest BCUT2D eigenvalue weighted by molar-refractivity contribution is 5.98. The van der Waals surface area contributed by atoms with Crippen LogP contribution in [0.5, 0.6) is 5.75 Å². The quantitative estimate of drug-likeness (QED) is 0.730. The van der Waals surface area contributed by atoms with Gasteiger partial charge in [-0.05, 0) is 55.5 Å². The molecule has 0 heterocycles. The SMILES string of the molecule is CC(OC(=O)c1ccc(OC(F)(F)F)cc1)C(=O)Nc1ccc(C(N)=O)cc1. The van der Waals surface area contributed by atoms with E-state index in [1.54, 1.807) is 0 Å². The van der Waals surface area contributed by atoms with Crippen molar-refractivity contribution < 1.29 is 37.0 Å². The summed E-state index contributed by atoms with van der Waals surface area (Å²) in [6.45, 7) is 1.33. The number of amides is 2. The molecule has 0 aliphatic rings. The average molecular weight is 396 g/mol. The number of carbonyl (C=O) groups excluding carboxylic acids is 3. The number of halogens is 3. The van der Waals surface area contributed by atoms with Crippen LogP contribution in [0.4, 0.5) is 18.9 Å². The van der Waals surface area contributed by atoms with Gasteiger partial charge < -0.3 is 20.5 Å². The van der Waals surface area contributed by atoms with Crippen LogP contribution in [0.15, 0.2) is 48.5 Å². The molecule has 0 saturated carbocycles. The minimum Gasteiger partial charge on any atom is -0.449 e. The van der Waals surface area contributed by atoms with Gasteiger partial charge in [0.1, 0.15) is 5.75 Å². The monoisotopic (exact) mass is 396 g/mol. The molecule has 0 aliphatic heterocycles. The van der Waals surface area contributed by atoms with Crippen LogP contribution in [0.3, 0.4) is 0 Å². The number of esters is 1. The van der Waals surface area contributed by atoms with Gasteiger partial charge >= 0.3 is 12.3 Å². The van der Waals surface area contributed by atoms with Crippen molar-refractivity contribution >= 4 is 23.5 Å². The molecule has 2 amide bonds. The molecular formula is C18H15F3N2O5. The Morgan fingerprint density at radius 2 is 1.50 bits per heavy atom. The molecule has 1 atom stereocenters. The Morgan fingerprint density at radius 1 is 0.964 bits per heavy atom. The lowest BCUT2D eigenvalue weighted by Gasteiger charge is -2.14. The van der Waals surface area contributed by atoms with Crippen LogP contribution >= 0.6 is 0 Å². The summed E-state index contributed by atoms with van der Waals surface area (Å²) in [6.07, 6.45) is -6.03. The van der Waals surface area contributed by atoms with Gasteiger partial charge in [0.25, 0.3) is 5.91 Å². The molecule has 0 spiro atoms. The summed E-state index contributed by atoms with van der Waals surface area (Å²) in [5, 5.41) is 2.49. The molecule has 10 heteroatoms. The molecule has 0 aromatic heterocycles. The second kappa shape index (κ2) is 8.42. The summed E-state index contributed by atoms with van der Waals surface area (Å²) in [4.78, 5) is 35.1. The molecule has 0 aliphatic carbocycles. The molecule has 0 radical (unpaired) electrons. The highest BCUT2D eigenvalue weighted by atomic mass is 19.4. The number of primary amides is 1. The highest BCUT2D eigenvalue weighted by Crippen LogP contribution is 2.23. The molecule has 2 rings (SSSR count). The van der Waals surface area contributed by atoms with Gasteiger partial charge in [0.15, 0.2) is 6.10 Å². The normalized spacial score (nSPS) is 12.0. The predicted molar refractivity (Wildman–Crippen MR) is 91.6 cm³/mol. The van der Waals surface area contributed by atoms with Crippen molar-refractivity contribution in [2.45, 2.75) is 19.4 Å². The Morgan fingerprint density at radius 3 is 2.00 bits per heavy atom. The van der Waals surface area contributed by atoms with Crippen LogP contribution < -0.4 is 15.8 Å². The smallest absolute Gasteiger partial charge is 0.449 e. The number of nitrogens with one attached hydrogen (secondary N) is 1. The first-order chi connectivity index (χ1) is 13.0. The van der Waals surface area contributed by atoms with Crippen LogP contribution in [-0.4, -0.2) is 30.2 Å². The van der Waals surface area contributed by atoms with Crippen molar-refractivity contribution in [2.75, 3.05) is 5.32 Å². The van der Waals surface area contributed by atoms with E-state index in [1.165, 1.54) is 31.2 Å². The van der Waals surface area contributed by atoms with Crippen molar-refractivity contribution in [1.82, 2.24) is 0 Å². The second-order valence-electron chi connectivity index (χ2n) is 5.55. The maximum Gasteiger partial charge on any atom is 0.573 e. The maximum atomic E-state index is 12.1. The van der Waals surface area contributed by atoms with E-state index in [4.69, 9.17) is 10.5 Å². The van der Waals surface area contributed by atoms with E-state index in [-0.39, 0.29) is 11.1 Å². The lowest BCUT2D eigenvalue weighted by Crippen LogP contribution is -2.30. The lowest BCUT2D eigenvalue weighted by atomic mass is 10.2.